The van der Waals surface area contributed by atoms with Crippen molar-refractivity contribution in [2.45, 2.75) is 0 Å². The van der Waals surface area contributed by atoms with Crippen LogP contribution in [0, 0.1) is 0 Å². The minimum Gasteiger partial charge on any atom is -0.368 e. The van der Waals surface area contributed by atoms with Crippen molar-refractivity contribution in [1.29, 1.82) is 0 Å². The first-order chi connectivity index (χ1) is 6.77. The molecule has 0 saturated carbocycles. The van der Waals surface area contributed by atoms with Gasteiger partial charge in [0.2, 0.25) is 0 Å². The Kier molecular flexibility index (Phi) is 2.45. The number of hydrogen-bond acceptors (Lipinski definition) is 4. The third-order valence-electron chi connectivity index (χ3n) is 1.86. The van der Waals surface area contributed by atoms with Gasteiger partial charge in [0, 0.05) is 32.1 Å². The molecule has 0 aliphatic heterocycles. The molecule has 0 radical (unpaired) electrons. The molecule has 4 heteroatoms. The van der Waals surface area contributed by atoms with Crippen molar-refractivity contribution >= 4 is 16.3 Å². The van der Waals surface area contributed by atoms with Crippen molar-refractivity contribution in [1.82, 2.24) is 9.97 Å². The van der Waals surface area contributed by atoms with Gasteiger partial charge in [-0.1, -0.05) is 11.3 Å². The first-order valence-electron chi connectivity index (χ1n) is 4.31. The van der Waals surface area contributed by atoms with Gasteiger partial charge in [-0.2, -0.15) is 0 Å². The van der Waals surface area contributed by atoms with Gasteiger partial charge in [0.25, 0.3) is 0 Å². The monoisotopic (exact) mass is 205 g/mol. The highest BCUT2D eigenvalue weighted by molar-refractivity contribution is 7.18. The molecule has 0 bridgehead atoms. The van der Waals surface area contributed by atoms with E-state index in [1.807, 2.05) is 32.4 Å². The van der Waals surface area contributed by atoms with Gasteiger partial charge in [0.05, 0.1) is 6.20 Å². The fraction of sp³-hybridized carbons (Fsp3) is 0.200. The summed E-state index contributed by atoms with van der Waals surface area (Å²) in [5, 5.41) is 2.20. The number of anilines is 1. The zero-order valence-electron chi connectivity index (χ0n) is 8.14. The van der Waals surface area contributed by atoms with Crippen molar-refractivity contribution in [2.24, 2.45) is 0 Å². The van der Waals surface area contributed by atoms with Gasteiger partial charge in [-0.25, -0.2) is 4.98 Å². The van der Waals surface area contributed by atoms with Crippen LogP contribution in [0.5, 0.6) is 0 Å². The van der Waals surface area contributed by atoms with Gasteiger partial charge < -0.3 is 4.90 Å². The number of thiazole rings is 1. The maximum absolute atomic E-state index is 4.36. The van der Waals surface area contributed by atoms with Gasteiger partial charge >= 0.3 is 0 Å². The summed E-state index contributed by atoms with van der Waals surface area (Å²) in [5.41, 5.74) is 1.12. The summed E-state index contributed by atoms with van der Waals surface area (Å²) in [7, 11) is 4.04. The van der Waals surface area contributed by atoms with E-state index in [0.717, 1.165) is 15.6 Å². The van der Waals surface area contributed by atoms with Crippen LogP contribution < -0.4 is 4.90 Å². The molecule has 14 heavy (non-hydrogen) atoms. The average molecular weight is 205 g/mol. The molecule has 0 aliphatic rings. The van der Waals surface area contributed by atoms with Gasteiger partial charge in [-0.3, -0.25) is 4.98 Å². The Morgan fingerprint density at radius 2 is 1.93 bits per heavy atom. The van der Waals surface area contributed by atoms with Crippen molar-refractivity contribution in [2.75, 3.05) is 19.0 Å². The summed E-state index contributed by atoms with van der Waals surface area (Å²) in [6, 6.07) is 3.94. The zero-order chi connectivity index (χ0) is 9.97. The maximum Gasteiger partial charge on any atom is 0.125 e. The normalized spacial score (nSPS) is 10.1. The SMILES string of the molecule is CN(C)c1cnc(-c2ccncc2)s1. The smallest absolute Gasteiger partial charge is 0.125 e. The van der Waals surface area contributed by atoms with Gasteiger partial charge in [-0.05, 0) is 12.1 Å². The lowest BCUT2D eigenvalue weighted by molar-refractivity contribution is 1.15. The molecular formula is C10H11N3S. The Bertz CT molecular complexity index is 408. The molecule has 2 rings (SSSR count). The Morgan fingerprint density at radius 3 is 2.50 bits per heavy atom. The van der Waals surface area contributed by atoms with Crippen LogP contribution in [0.3, 0.4) is 0 Å². The van der Waals surface area contributed by atoms with E-state index in [1.165, 1.54) is 0 Å². The fourth-order valence-electron chi connectivity index (χ4n) is 1.10. The number of aromatic nitrogens is 2. The van der Waals surface area contributed by atoms with Crippen LogP contribution in [0.2, 0.25) is 0 Å². The lowest BCUT2D eigenvalue weighted by Gasteiger charge is -2.05. The lowest BCUT2D eigenvalue weighted by atomic mass is 10.3. The van der Waals surface area contributed by atoms with Crippen molar-refractivity contribution in [3.63, 3.8) is 0 Å². The topological polar surface area (TPSA) is 29.0 Å². The van der Waals surface area contributed by atoms with E-state index in [1.54, 1.807) is 23.7 Å². The second-order valence-electron chi connectivity index (χ2n) is 3.13. The Labute approximate surface area is 87.1 Å². The maximum atomic E-state index is 4.36. The highest BCUT2D eigenvalue weighted by Gasteiger charge is 2.04. The number of pyridine rings is 1. The van der Waals surface area contributed by atoms with E-state index in [2.05, 4.69) is 14.9 Å². The van der Waals surface area contributed by atoms with Gasteiger partial charge in [0.15, 0.2) is 0 Å². The lowest BCUT2D eigenvalue weighted by Crippen LogP contribution is -2.05. The van der Waals surface area contributed by atoms with Gasteiger partial charge in [-0.15, -0.1) is 0 Å². The Morgan fingerprint density at radius 1 is 1.21 bits per heavy atom. The first-order valence-corrected chi connectivity index (χ1v) is 5.12. The second-order valence-corrected chi connectivity index (χ2v) is 4.14. The second kappa shape index (κ2) is 3.75. The standard InChI is InChI=1S/C10H11N3S/c1-13(2)9-7-12-10(14-9)8-3-5-11-6-4-8/h3-7H,1-2H3. The summed E-state index contributed by atoms with van der Waals surface area (Å²) in [4.78, 5) is 10.4. The fourth-order valence-corrected chi connectivity index (χ4v) is 1.95. The predicted molar refractivity (Wildman–Crippen MR) is 59.7 cm³/mol. The van der Waals surface area contributed by atoms with E-state index < -0.39 is 0 Å². The summed E-state index contributed by atoms with van der Waals surface area (Å²) < 4.78 is 0. The third-order valence-corrected chi connectivity index (χ3v) is 3.08. The number of nitrogens with zero attached hydrogens (tertiary/aromatic N) is 3. The molecular weight excluding hydrogens is 194 g/mol. The molecule has 72 valence electrons. The molecule has 0 N–H and O–H groups in total. The molecule has 2 aromatic heterocycles. The first kappa shape index (κ1) is 9.15. The zero-order valence-corrected chi connectivity index (χ0v) is 8.95. The summed E-state index contributed by atoms with van der Waals surface area (Å²) in [6.45, 7) is 0. The Balaban J connectivity index is 2.34. The molecule has 3 nitrogen and oxygen atoms in total. The third kappa shape index (κ3) is 1.75. The molecule has 0 amide bonds. The van der Waals surface area contributed by atoms with Crippen molar-refractivity contribution in [3.05, 3.63) is 30.7 Å². The van der Waals surface area contributed by atoms with Crippen molar-refractivity contribution < 1.29 is 0 Å². The van der Waals surface area contributed by atoms with Crippen LogP contribution in [0.1, 0.15) is 0 Å². The van der Waals surface area contributed by atoms with E-state index in [9.17, 15) is 0 Å². The summed E-state index contributed by atoms with van der Waals surface area (Å²) in [5.74, 6) is 0. The minimum atomic E-state index is 1.04. The van der Waals surface area contributed by atoms with Crippen LogP contribution >= 0.6 is 11.3 Å². The largest absolute Gasteiger partial charge is 0.368 e. The number of hydrogen-bond donors (Lipinski definition) is 0. The predicted octanol–water partition coefficient (Wildman–Crippen LogP) is 2.27. The molecule has 0 aliphatic carbocycles. The Hall–Kier alpha value is -1.42. The quantitative estimate of drug-likeness (QED) is 0.753. The number of rotatable bonds is 2. The molecule has 0 atom stereocenters. The average Bonchev–Trinajstić information content (AvgIpc) is 2.68. The molecule has 0 fully saturated rings. The summed E-state index contributed by atoms with van der Waals surface area (Å²) in [6.07, 6.45) is 5.46. The van der Waals surface area contributed by atoms with Crippen molar-refractivity contribution in [3.8, 4) is 10.6 Å². The molecule has 0 aromatic carbocycles. The highest BCUT2D eigenvalue weighted by atomic mass is 32.1. The molecule has 2 heterocycles. The van der Waals surface area contributed by atoms with E-state index in [-0.39, 0.29) is 0 Å². The molecule has 0 spiro atoms. The molecule has 2 aromatic rings. The van der Waals surface area contributed by atoms with Crippen LogP contribution in [0.4, 0.5) is 5.00 Å². The minimum absolute atomic E-state index is 1.04. The van der Waals surface area contributed by atoms with E-state index in [4.69, 9.17) is 0 Å². The van der Waals surface area contributed by atoms with Crippen LogP contribution in [0.15, 0.2) is 30.7 Å². The van der Waals surface area contributed by atoms with E-state index >= 15 is 0 Å². The van der Waals surface area contributed by atoms with Crippen LogP contribution in [-0.4, -0.2) is 24.1 Å². The van der Waals surface area contributed by atoms with Crippen LogP contribution in [0.25, 0.3) is 10.6 Å². The highest BCUT2D eigenvalue weighted by Crippen LogP contribution is 2.29. The van der Waals surface area contributed by atoms with Gasteiger partial charge in [0.1, 0.15) is 10.0 Å². The molecule has 0 saturated heterocycles. The summed E-state index contributed by atoms with van der Waals surface area (Å²) >= 11 is 1.68. The van der Waals surface area contributed by atoms with Crippen LogP contribution in [-0.2, 0) is 0 Å². The van der Waals surface area contributed by atoms with E-state index in [0.29, 0.717) is 0 Å². The molecule has 0 unspecified atom stereocenters.